The Bertz CT molecular complexity index is 1600. The Labute approximate surface area is 197 Å². The topological polar surface area (TPSA) is 114 Å². The smallest absolute Gasteiger partial charge is 0.433 e. The molecule has 4 rings (SSSR count). The highest BCUT2D eigenvalue weighted by Crippen LogP contribution is 2.39. The molecule has 0 fully saturated rings. The number of nitriles is 1. The summed E-state index contributed by atoms with van der Waals surface area (Å²) in [6.45, 7) is 1.52. The number of benzene rings is 2. The number of aryl methyl sites for hydroxylation is 1. The third-order valence-electron chi connectivity index (χ3n) is 4.66. The number of rotatable bonds is 3. The van der Waals surface area contributed by atoms with Gasteiger partial charge in [0.25, 0.3) is 5.56 Å². The standard InChI is InChI=1S/C21H10Cl2F3N5O3/c1-9-4-17(21(24,25)26)28-15-3-2-11(7-12(9)15)34-18-13(22)5-10(6-14(18)23)31-20(33)29-19(32)16(8-27)30-31/h2-7H,1H3,(H,29,32,33). The number of fused-ring (bicyclic) bond motifs is 1. The van der Waals surface area contributed by atoms with Crippen LogP contribution in [0.5, 0.6) is 11.5 Å². The minimum Gasteiger partial charge on any atom is -0.454 e. The van der Waals surface area contributed by atoms with Crippen molar-refractivity contribution in [2.75, 3.05) is 0 Å². The summed E-state index contributed by atoms with van der Waals surface area (Å²) >= 11 is 12.6. The van der Waals surface area contributed by atoms with Gasteiger partial charge in [-0.25, -0.2) is 9.78 Å². The molecule has 2 aromatic carbocycles. The molecule has 34 heavy (non-hydrogen) atoms. The zero-order valence-electron chi connectivity index (χ0n) is 16.9. The molecular formula is C21H10Cl2F3N5O3. The summed E-state index contributed by atoms with van der Waals surface area (Å²) in [4.78, 5) is 29.2. The van der Waals surface area contributed by atoms with Crippen LogP contribution in [0.15, 0.2) is 46.0 Å². The third-order valence-corrected chi connectivity index (χ3v) is 5.22. The molecule has 0 saturated heterocycles. The highest BCUT2D eigenvalue weighted by atomic mass is 35.5. The van der Waals surface area contributed by atoms with Crippen molar-refractivity contribution in [3.8, 4) is 23.3 Å². The van der Waals surface area contributed by atoms with Gasteiger partial charge < -0.3 is 4.74 Å². The molecule has 0 radical (unpaired) electrons. The van der Waals surface area contributed by atoms with E-state index in [0.717, 1.165) is 10.7 Å². The predicted molar refractivity (Wildman–Crippen MR) is 117 cm³/mol. The van der Waals surface area contributed by atoms with E-state index in [1.807, 2.05) is 4.98 Å². The van der Waals surface area contributed by atoms with E-state index in [4.69, 9.17) is 33.2 Å². The quantitative estimate of drug-likeness (QED) is 0.427. The summed E-state index contributed by atoms with van der Waals surface area (Å²) in [5.41, 5.74) is -2.88. The van der Waals surface area contributed by atoms with Gasteiger partial charge in [0.1, 0.15) is 17.5 Å². The lowest BCUT2D eigenvalue weighted by atomic mass is 10.1. The van der Waals surface area contributed by atoms with E-state index in [0.29, 0.717) is 10.9 Å². The van der Waals surface area contributed by atoms with Crippen molar-refractivity contribution in [3.05, 3.63) is 84.2 Å². The van der Waals surface area contributed by atoms with Crippen LogP contribution >= 0.6 is 23.2 Å². The summed E-state index contributed by atoms with van der Waals surface area (Å²) in [5.74, 6) is 0.224. The number of ether oxygens (including phenoxy) is 1. The molecule has 0 atom stereocenters. The maximum atomic E-state index is 13.0. The van der Waals surface area contributed by atoms with Gasteiger partial charge in [0.2, 0.25) is 5.69 Å². The first-order valence-electron chi connectivity index (χ1n) is 9.27. The second-order valence-electron chi connectivity index (χ2n) is 6.97. The number of nitrogens with zero attached hydrogens (tertiary/aromatic N) is 4. The van der Waals surface area contributed by atoms with Crippen LogP contribution in [0, 0.1) is 18.3 Å². The van der Waals surface area contributed by atoms with Gasteiger partial charge >= 0.3 is 11.9 Å². The van der Waals surface area contributed by atoms with Crippen LogP contribution < -0.4 is 16.0 Å². The normalized spacial score (nSPS) is 11.4. The van der Waals surface area contributed by atoms with Crippen LogP contribution in [0.3, 0.4) is 0 Å². The second kappa shape index (κ2) is 8.48. The van der Waals surface area contributed by atoms with E-state index in [2.05, 4.69) is 10.1 Å². The fourth-order valence-electron chi connectivity index (χ4n) is 3.11. The molecule has 0 bridgehead atoms. The molecule has 0 unspecified atom stereocenters. The van der Waals surface area contributed by atoms with Gasteiger partial charge in [0.15, 0.2) is 5.75 Å². The predicted octanol–water partition coefficient (Wildman–Crippen LogP) is 4.77. The lowest BCUT2D eigenvalue weighted by Crippen LogP contribution is -2.33. The molecule has 0 aliphatic rings. The Morgan fingerprint density at radius 1 is 1.12 bits per heavy atom. The number of aromatic amines is 1. The molecule has 0 saturated carbocycles. The molecule has 0 amide bonds. The summed E-state index contributed by atoms with van der Waals surface area (Å²) in [6.07, 6.45) is -4.58. The maximum Gasteiger partial charge on any atom is 0.433 e. The average molecular weight is 508 g/mol. The van der Waals surface area contributed by atoms with Crippen molar-refractivity contribution in [3.63, 3.8) is 0 Å². The zero-order chi connectivity index (χ0) is 24.8. The van der Waals surface area contributed by atoms with E-state index in [1.165, 1.54) is 37.3 Å². The molecule has 4 aromatic rings. The Morgan fingerprint density at radius 3 is 2.41 bits per heavy atom. The minimum absolute atomic E-state index is 0.00179. The summed E-state index contributed by atoms with van der Waals surface area (Å²) in [6, 6.07) is 9.32. The summed E-state index contributed by atoms with van der Waals surface area (Å²) in [7, 11) is 0. The highest BCUT2D eigenvalue weighted by molar-refractivity contribution is 6.37. The van der Waals surface area contributed by atoms with E-state index < -0.39 is 28.8 Å². The number of halogens is 5. The highest BCUT2D eigenvalue weighted by Gasteiger charge is 2.33. The van der Waals surface area contributed by atoms with Crippen molar-refractivity contribution in [2.45, 2.75) is 13.1 Å². The molecule has 2 heterocycles. The van der Waals surface area contributed by atoms with Crippen LogP contribution in [0.25, 0.3) is 16.6 Å². The average Bonchev–Trinajstić information content (AvgIpc) is 2.76. The molecule has 2 aromatic heterocycles. The van der Waals surface area contributed by atoms with Gasteiger partial charge in [-0.05, 0) is 48.9 Å². The minimum atomic E-state index is -4.58. The first-order valence-corrected chi connectivity index (χ1v) is 10.0. The molecule has 1 N–H and O–H groups in total. The molecule has 13 heteroatoms. The van der Waals surface area contributed by atoms with Crippen molar-refractivity contribution in [1.82, 2.24) is 19.7 Å². The number of alkyl halides is 3. The van der Waals surface area contributed by atoms with Gasteiger partial charge in [0, 0.05) is 5.39 Å². The largest absolute Gasteiger partial charge is 0.454 e. The van der Waals surface area contributed by atoms with Crippen molar-refractivity contribution in [1.29, 1.82) is 5.26 Å². The summed E-state index contributed by atoms with van der Waals surface area (Å²) < 4.78 is 45.5. The molecule has 0 aliphatic carbocycles. The monoisotopic (exact) mass is 507 g/mol. The fourth-order valence-corrected chi connectivity index (χ4v) is 3.67. The van der Waals surface area contributed by atoms with E-state index in [-0.39, 0.29) is 32.7 Å². The zero-order valence-corrected chi connectivity index (χ0v) is 18.4. The number of H-pyrrole nitrogens is 1. The number of pyridine rings is 1. The molecule has 8 nitrogen and oxygen atoms in total. The lowest BCUT2D eigenvalue weighted by Gasteiger charge is -2.14. The SMILES string of the molecule is Cc1cc(C(F)(F)F)nc2ccc(Oc3c(Cl)cc(-n4nc(C#N)c(=O)[nH]c4=O)cc3Cl)cc12. The number of aromatic nitrogens is 4. The van der Waals surface area contributed by atoms with Crippen molar-refractivity contribution < 1.29 is 17.9 Å². The first kappa shape index (κ1) is 23.3. The Morgan fingerprint density at radius 2 is 1.79 bits per heavy atom. The van der Waals surface area contributed by atoms with Gasteiger partial charge in [-0.1, -0.05) is 23.2 Å². The van der Waals surface area contributed by atoms with Crippen LogP contribution in [-0.4, -0.2) is 19.7 Å². The van der Waals surface area contributed by atoms with Crippen molar-refractivity contribution >= 4 is 34.1 Å². The number of hydrogen-bond donors (Lipinski definition) is 1. The van der Waals surface area contributed by atoms with Gasteiger partial charge in [-0.15, -0.1) is 5.10 Å². The molecule has 172 valence electrons. The van der Waals surface area contributed by atoms with E-state index in [9.17, 15) is 22.8 Å². The number of hydrogen-bond acceptors (Lipinski definition) is 6. The first-order chi connectivity index (χ1) is 16.0. The summed E-state index contributed by atoms with van der Waals surface area (Å²) in [5, 5.41) is 13.0. The Hall–Kier alpha value is -3.88. The Kier molecular flexibility index (Phi) is 5.80. The Balaban J connectivity index is 1.73. The molecule has 0 aliphatic heterocycles. The van der Waals surface area contributed by atoms with Gasteiger partial charge in [-0.2, -0.15) is 23.1 Å². The third kappa shape index (κ3) is 4.33. The van der Waals surface area contributed by atoms with E-state index in [1.54, 1.807) is 6.07 Å². The second-order valence-corrected chi connectivity index (χ2v) is 7.79. The number of nitrogens with one attached hydrogen (secondary N) is 1. The fraction of sp³-hybridized carbons (Fsp3) is 0.0952. The lowest BCUT2D eigenvalue weighted by molar-refractivity contribution is -0.141. The van der Waals surface area contributed by atoms with E-state index >= 15 is 0 Å². The molecule has 0 spiro atoms. The van der Waals surface area contributed by atoms with Gasteiger partial charge in [-0.3, -0.25) is 9.78 Å². The van der Waals surface area contributed by atoms with Crippen LogP contribution in [0.4, 0.5) is 13.2 Å². The maximum absolute atomic E-state index is 13.0. The van der Waals surface area contributed by atoms with Gasteiger partial charge in [0.05, 0.1) is 21.2 Å². The van der Waals surface area contributed by atoms with Crippen LogP contribution in [-0.2, 0) is 6.18 Å². The van der Waals surface area contributed by atoms with Crippen molar-refractivity contribution in [2.24, 2.45) is 0 Å². The van der Waals surface area contributed by atoms with Crippen LogP contribution in [0.2, 0.25) is 10.0 Å². The molecular weight excluding hydrogens is 498 g/mol. The van der Waals surface area contributed by atoms with Crippen LogP contribution in [0.1, 0.15) is 17.0 Å².